The molecule has 2 aromatic rings. The number of nitrogens with one attached hydrogen (secondary N) is 2. The second-order valence-electron chi connectivity index (χ2n) is 8.59. The van der Waals surface area contributed by atoms with Crippen molar-refractivity contribution < 1.29 is 19.1 Å². The van der Waals surface area contributed by atoms with E-state index in [1.54, 1.807) is 24.1 Å². The van der Waals surface area contributed by atoms with Crippen LogP contribution in [0, 0.1) is 0 Å². The lowest BCUT2D eigenvalue weighted by Gasteiger charge is -2.39. The van der Waals surface area contributed by atoms with Crippen LogP contribution in [0.1, 0.15) is 6.42 Å². The van der Waals surface area contributed by atoms with Gasteiger partial charge in [-0.15, -0.1) is 0 Å². The summed E-state index contributed by atoms with van der Waals surface area (Å²) in [6.07, 6.45) is -0.0881. The second kappa shape index (κ2) is 11.5. The summed E-state index contributed by atoms with van der Waals surface area (Å²) in [6.45, 7) is 3.98. The molecule has 35 heavy (non-hydrogen) atoms. The molecule has 0 aliphatic carbocycles. The lowest BCUT2D eigenvalue weighted by Crippen LogP contribution is -2.60. The first-order valence-electron chi connectivity index (χ1n) is 11.7. The number of anilines is 2. The Balaban J connectivity index is 1.33. The molecule has 1 atom stereocenters. The first-order chi connectivity index (χ1) is 16.9. The van der Waals surface area contributed by atoms with Crippen molar-refractivity contribution in [3.8, 4) is 5.75 Å². The van der Waals surface area contributed by atoms with Gasteiger partial charge in [-0.1, -0.05) is 28.1 Å². The van der Waals surface area contributed by atoms with Gasteiger partial charge < -0.3 is 25.2 Å². The summed E-state index contributed by atoms with van der Waals surface area (Å²) in [6, 6.07) is 14.3. The summed E-state index contributed by atoms with van der Waals surface area (Å²) < 4.78 is 6.38. The number of benzene rings is 2. The zero-order valence-electron chi connectivity index (χ0n) is 19.7. The summed E-state index contributed by atoms with van der Waals surface area (Å²) in [5, 5.41) is 5.58. The highest BCUT2D eigenvalue weighted by Crippen LogP contribution is 2.28. The predicted molar refractivity (Wildman–Crippen MR) is 138 cm³/mol. The molecule has 0 radical (unpaired) electrons. The topological polar surface area (TPSA) is 94.2 Å². The number of rotatable bonds is 7. The van der Waals surface area contributed by atoms with Crippen LogP contribution in [0.15, 0.2) is 53.0 Å². The van der Waals surface area contributed by atoms with Crippen molar-refractivity contribution in [3.05, 3.63) is 53.0 Å². The fourth-order valence-electron chi connectivity index (χ4n) is 4.46. The highest BCUT2D eigenvalue weighted by atomic mass is 79.9. The molecule has 0 saturated carbocycles. The standard InChI is InChI=1S/C25H30BrN5O4/c1-35-22-5-3-2-4-20(22)30-14-12-29(13-15-30)17-24(33)31-11-10-27-25(34)21(31)16-23(32)28-19-8-6-18(26)7-9-19/h2-9,21H,10-17H2,1H3,(H,27,34)(H,28,32). The summed E-state index contributed by atoms with van der Waals surface area (Å²) in [5.74, 6) is 0.0989. The van der Waals surface area contributed by atoms with Crippen LogP contribution >= 0.6 is 15.9 Å². The SMILES string of the molecule is COc1ccccc1N1CCN(CC(=O)N2CCNC(=O)C2CC(=O)Nc2ccc(Br)cc2)CC1. The first kappa shape index (κ1) is 25.0. The smallest absolute Gasteiger partial charge is 0.243 e. The number of para-hydroxylation sites is 2. The Hall–Kier alpha value is -3.11. The molecule has 1 unspecified atom stereocenters. The monoisotopic (exact) mass is 543 g/mol. The van der Waals surface area contributed by atoms with E-state index in [0.717, 1.165) is 42.1 Å². The summed E-state index contributed by atoms with van der Waals surface area (Å²) in [5.41, 5.74) is 1.69. The highest BCUT2D eigenvalue weighted by molar-refractivity contribution is 9.10. The van der Waals surface area contributed by atoms with E-state index < -0.39 is 6.04 Å². The molecule has 10 heteroatoms. The maximum atomic E-state index is 13.2. The van der Waals surface area contributed by atoms with Crippen LogP contribution in [-0.2, 0) is 14.4 Å². The largest absolute Gasteiger partial charge is 0.495 e. The van der Waals surface area contributed by atoms with E-state index in [-0.39, 0.29) is 30.7 Å². The predicted octanol–water partition coefficient (Wildman–Crippen LogP) is 1.94. The Morgan fingerprint density at radius 3 is 2.49 bits per heavy atom. The van der Waals surface area contributed by atoms with Gasteiger partial charge in [-0.25, -0.2) is 0 Å². The molecule has 2 aliphatic heterocycles. The lowest BCUT2D eigenvalue weighted by atomic mass is 10.1. The van der Waals surface area contributed by atoms with Gasteiger partial charge in [-0.05, 0) is 36.4 Å². The molecular weight excluding hydrogens is 514 g/mol. The highest BCUT2D eigenvalue weighted by Gasteiger charge is 2.35. The summed E-state index contributed by atoms with van der Waals surface area (Å²) in [7, 11) is 1.66. The Labute approximate surface area is 213 Å². The van der Waals surface area contributed by atoms with Crippen LogP contribution in [0.3, 0.4) is 0 Å². The van der Waals surface area contributed by atoms with Crippen molar-refractivity contribution in [1.29, 1.82) is 0 Å². The quantitative estimate of drug-likeness (QED) is 0.554. The van der Waals surface area contributed by atoms with Crippen molar-refractivity contribution in [1.82, 2.24) is 15.1 Å². The molecule has 0 spiro atoms. The molecule has 2 N–H and O–H groups in total. The minimum atomic E-state index is -0.818. The van der Waals surface area contributed by atoms with Crippen LogP contribution in [-0.4, -0.2) is 86.5 Å². The lowest BCUT2D eigenvalue weighted by molar-refractivity contribution is -0.145. The molecule has 2 aliphatic rings. The molecule has 2 fully saturated rings. The minimum absolute atomic E-state index is 0.0881. The molecule has 186 valence electrons. The van der Waals surface area contributed by atoms with E-state index in [1.165, 1.54) is 0 Å². The molecule has 0 bridgehead atoms. The van der Waals surface area contributed by atoms with Crippen molar-refractivity contribution in [3.63, 3.8) is 0 Å². The number of piperazine rings is 2. The van der Waals surface area contributed by atoms with E-state index >= 15 is 0 Å². The van der Waals surface area contributed by atoms with E-state index in [9.17, 15) is 14.4 Å². The van der Waals surface area contributed by atoms with Gasteiger partial charge in [0.05, 0.1) is 25.8 Å². The Kier molecular flexibility index (Phi) is 8.25. The Bertz CT molecular complexity index is 1060. The molecule has 9 nitrogen and oxygen atoms in total. The zero-order valence-corrected chi connectivity index (χ0v) is 21.3. The molecule has 2 heterocycles. The van der Waals surface area contributed by atoms with Crippen molar-refractivity contribution in [2.45, 2.75) is 12.5 Å². The van der Waals surface area contributed by atoms with Gasteiger partial charge in [0.15, 0.2) is 0 Å². The van der Waals surface area contributed by atoms with E-state index in [1.807, 2.05) is 36.4 Å². The van der Waals surface area contributed by atoms with Gasteiger partial charge in [-0.2, -0.15) is 0 Å². The maximum absolute atomic E-state index is 13.2. The first-order valence-corrected chi connectivity index (χ1v) is 12.5. The molecule has 0 aromatic heterocycles. The fraction of sp³-hybridized carbons (Fsp3) is 0.400. The molecule has 2 saturated heterocycles. The van der Waals surface area contributed by atoms with Gasteiger partial charge in [0.1, 0.15) is 11.8 Å². The van der Waals surface area contributed by atoms with Gasteiger partial charge >= 0.3 is 0 Å². The van der Waals surface area contributed by atoms with E-state index in [4.69, 9.17) is 4.74 Å². The number of methoxy groups -OCH3 is 1. The molecule has 2 aromatic carbocycles. The van der Waals surface area contributed by atoms with Gasteiger partial charge in [0.2, 0.25) is 17.7 Å². The number of carbonyl (C=O) groups excluding carboxylic acids is 3. The summed E-state index contributed by atoms with van der Waals surface area (Å²) in [4.78, 5) is 44.3. The van der Waals surface area contributed by atoms with Crippen molar-refractivity contribution in [2.75, 3.05) is 63.1 Å². The van der Waals surface area contributed by atoms with Crippen molar-refractivity contribution in [2.24, 2.45) is 0 Å². The number of halogens is 1. The van der Waals surface area contributed by atoms with Gasteiger partial charge in [0, 0.05) is 49.4 Å². The summed E-state index contributed by atoms with van der Waals surface area (Å²) >= 11 is 3.36. The number of nitrogens with zero attached hydrogens (tertiary/aromatic N) is 3. The van der Waals surface area contributed by atoms with Gasteiger partial charge in [-0.3, -0.25) is 19.3 Å². The second-order valence-corrected chi connectivity index (χ2v) is 9.50. The average Bonchev–Trinajstić information content (AvgIpc) is 2.87. The Morgan fingerprint density at radius 2 is 1.77 bits per heavy atom. The van der Waals surface area contributed by atoms with Crippen LogP contribution < -0.4 is 20.3 Å². The average molecular weight is 544 g/mol. The van der Waals surface area contributed by atoms with E-state index in [2.05, 4.69) is 36.4 Å². The minimum Gasteiger partial charge on any atom is -0.495 e. The number of amides is 3. The van der Waals surface area contributed by atoms with Crippen LogP contribution in [0.2, 0.25) is 0 Å². The third-order valence-corrected chi connectivity index (χ3v) is 6.84. The van der Waals surface area contributed by atoms with E-state index in [0.29, 0.717) is 18.8 Å². The van der Waals surface area contributed by atoms with Crippen molar-refractivity contribution >= 4 is 45.0 Å². The normalized spacial score (nSPS) is 18.7. The molecule has 4 rings (SSSR count). The van der Waals surface area contributed by atoms with Crippen LogP contribution in [0.4, 0.5) is 11.4 Å². The number of hydrogen-bond acceptors (Lipinski definition) is 6. The maximum Gasteiger partial charge on any atom is 0.243 e. The fourth-order valence-corrected chi connectivity index (χ4v) is 4.72. The zero-order chi connectivity index (χ0) is 24.8. The molecular formula is C25H30BrN5O4. The Morgan fingerprint density at radius 1 is 1.06 bits per heavy atom. The van der Waals surface area contributed by atoms with Gasteiger partial charge in [0.25, 0.3) is 0 Å². The number of hydrogen-bond donors (Lipinski definition) is 2. The van der Waals surface area contributed by atoms with Crippen LogP contribution in [0.25, 0.3) is 0 Å². The molecule has 3 amide bonds. The number of ether oxygens (including phenoxy) is 1. The number of carbonyl (C=O) groups is 3. The third kappa shape index (κ3) is 6.32. The third-order valence-electron chi connectivity index (χ3n) is 6.31. The van der Waals surface area contributed by atoms with Crippen LogP contribution in [0.5, 0.6) is 5.75 Å².